The highest BCUT2D eigenvalue weighted by molar-refractivity contribution is 9.10. The molecular formula is C9H5BrO2. The molecule has 0 spiro atoms. The lowest BCUT2D eigenvalue weighted by atomic mass is 10.1. The zero-order valence-electron chi connectivity index (χ0n) is 6.08. The number of carbonyl (C=O) groups excluding carboxylic acids is 1. The van der Waals surface area contributed by atoms with E-state index in [0.29, 0.717) is 10.2 Å². The molecule has 0 bridgehead atoms. The predicted octanol–water partition coefficient (Wildman–Crippen LogP) is 3.01. The molecule has 0 saturated carbocycles. The Bertz CT molecular complexity index is 431. The van der Waals surface area contributed by atoms with Gasteiger partial charge in [0.05, 0.1) is 0 Å². The van der Waals surface area contributed by atoms with Gasteiger partial charge in [0.1, 0.15) is 5.58 Å². The Morgan fingerprint density at radius 2 is 2.25 bits per heavy atom. The molecule has 1 heterocycles. The monoisotopic (exact) mass is 224 g/mol. The van der Waals surface area contributed by atoms with Crippen molar-refractivity contribution >= 4 is 33.2 Å². The standard InChI is InChI=1S/C9H5BrO2/c10-9-4-7-6(5-11)2-1-3-8(7)12-9/h1-5H. The van der Waals surface area contributed by atoms with Gasteiger partial charge in [0, 0.05) is 10.9 Å². The normalized spacial score (nSPS) is 10.4. The van der Waals surface area contributed by atoms with Crippen molar-refractivity contribution in [1.82, 2.24) is 0 Å². The minimum Gasteiger partial charge on any atom is -0.449 e. The van der Waals surface area contributed by atoms with E-state index in [4.69, 9.17) is 4.42 Å². The molecule has 1 aromatic heterocycles. The van der Waals surface area contributed by atoms with E-state index in [0.717, 1.165) is 17.3 Å². The highest BCUT2D eigenvalue weighted by Crippen LogP contribution is 2.25. The van der Waals surface area contributed by atoms with Crippen molar-refractivity contribution in [3.05, 3.63) is 34.5 Å². The quantitative estimate of drug-likeness (QED) is 0.698. The fourth-order valence-electron chi connectivity index (χ4n) is 1.16. The molecule has 0 amide bonds. The number of hydrogen-bond donors (Lipinski definition) is 0. The molecule has 60 valence electrons. The summed E-state index contributed by atoms with van der Waals surface area (Å²) in [7, 11) is 0. The fourth-order valence-corrected chi connectivity index (χ4v) is 1.56. The number of carbonyl (C=O) groups is 1. The average Bonchev–Trinajstić information content (AvgIpc) is 2.44. The summed E-state index contributed by atoms with van der Waals surface area (Å²) < 4.78 is 5.91. The Labute approximate surface area is 77.3 Å². The van der Waals surface area contributed by atoms with Crippen molar-refractivity contribution in [1.29, 1.82) is 0 Å². The first-order valence-corrected chi connectivity index (χ1v) is 4.24. The number of benzene rings is 1. The van der Waals surface area contributed by atoms with Crippen molar-refractivity contribution in [2.24, 2.45) is 0 Å². The van der Waals surface area contributed by atoms with E-state index >= 15 is 0 Å². The van der Waals surface area contributed by atoms with E-state index < -0.39 is 0 Å². The molecule has 0 unspecified atom stereocenters. The van der Waals surface area contributed by atoms with Crippen LogP contribution in [0.1, 0.15) is 10.4 Å². The van der Waals surface area contributed by atoms with Crippen molar-refractivity contribution < 1.29 is 9.21 Å². The van der Waals surface area contributed by atoms with Crippen LogP contribution >= 0.6 is 15.9 Å². The fraction of sp³-hybridized carbons (Fsp3) is 0. The van der Waals surface area contributed by atoms with Gasteiger partial charge in [0.25, 0.3) is 0 Å². The average molecular weight is 225 g/mol. The summed E-state index contributed by atoms with van der Waals surface area (Å²) in [5.74, 6) is 0. The molecule has 0 saturated heterocycles. The Hall–Kier alpha value is -1.09. The van der Waals surface area contributed by atoms with E-state index in [2.05, 4.69) is 15.9 Å². The van der Waals surface area contributed by atoms with Crippen molar-refractivity contribution in [2.45, 2.75) is 0 Å². The Morgan fingerprint density at radius 3 is 3.00 bits per heavy atom. The molecule has 2 rings (SSSR count). The van der Waals surface area contributed by atoms with Crippen LogP contribution in [0.4, 0.5) is 0 Å². The maximum Gasteiger partial charge on any atom is 0.170 e. The van der Waals surface area contributed by atoms with Crippen molar-refractivity contribution in [3.8, 4) is 0 Å². The van der Waals surface area contributed by atoms with Gasteiger partial charge in [-0.1, -0.05) is 12.1 Å². The molecule has 3 heteroatoms. The number of furan rings is 1. The number of halogens is 1. The van der Waals surface area contributed by atoms with Crippen LogP contribution in [0.25, 0.3) is 11.0 Å². The summed E-state index contributed by atoms with van der Waals surface area (Å²) in [6, 6.07) is 7.17. The smallest absolute Gasteiger partial charge is 0.170 e. The van der Waals surface area contributed by atoms with Crippen LogP contribution < -0.4 is 0 Å². The lowest BCUT2D eigenvalue weighted by Crippen LogP contribution is -1.77. The van der Waals surface area contributed by atoms with Crippen LogP contribution in [0.2, 0.25) is 0 Å². The molecule has 2 aromatic rings. The van der Waals surface area contributed by atoms with E-state index in [-0.39, 0.29) is 0 Å². The molecular weight excluding hydrogens is 220 g/mol. The lowest BCUT2D eigenvalue weighted by molar-refractivity contribution is 0.112. The number of rotatable bonds is 1. The van der Waals surface area contributed by atoms with E-state index in [9.17, 15) is 4.79 Å². The molecule has 0 aliphatic rings. The zero-order valence-corrected chi connectivity index (χ0v) is 7.67. The van der Waals surface area contributed by atoms with Gasteiger partial charge >= 0.3 is 0 Å². The van der Waals surface area contributed by atoms with Gasteiger partial charge in [0.2, 0.25) is 0 Å². The minimum absolute atomic E-state index is 0.645. The first-order valence-electron chi connectivity index (χ1n) is 3.44. The second-order valence-electron chi connectivity index (χ2n) is 2.43. The first kappa shape index (κ1) is 7.55. The summed E-state index contributed by atoms with van der Waals surface area (Å²) in [5.41, 5.74) is 1.38. The third-order valence-corrected chi connectivity index (χ3v) is 2.08. The number of fused-ring (bicyclic) bond motifs is 1. The van der Waals surface area contributed by atoms with E-state index in [1.807, 2.05) is 6.07 Å². The summed E-state index contributed by atoms with van der Waals surface area (Å²) in [5, 5.41) is 0.847. The van der Waals surface area contributed by atoms with Gasteiger partial charge in [-0.2, -0.15) is 0 Å². The van der Waals surface area contributed by atoms with Crippen molar-refractivity contribution in [3.63, 3.8) is 0 Å². The SMILES string of the molecule is O=Cc1cccc2oc(Br)cc12. The summed E-state index contributed by atoms with van der Waals surface area (Å²) in [6.07, 6.45) is 0.824. The number of aldehydes is 1. The molecule has 0 fully saturated rings. The predicted molar refractivity (Wildman–Crippen MR) is 49.3 cm³/mol. The molecule has 12 heavy (non-hydrogen) atoms. The Kier molecular flexibility index (Phi) is 1.73. The molecule has 0 aliphatic heterocycles. The third kappa shape index (κ3) is 1.06. The van der Waals surface area contributed by atoms with Crippen LogP contribution in [0.5, 0.6) is 0 Å². The molecule has 0 radical (unpaired) electrons. The maximum absolute atomic E-state index is 10.6. The zero-order chi connectivity index (χ0) is 8.55. The van der Waals surface area contributed by atoms with Gasteiger partial charge in [-0.3, -0.25) is 4.79 Å². The van der Waals surface area contributed by atoms with Gasteiger partial charge in [-0.05, 0) is 28.1 Å². The minimum atomic E-state index is 0.645. The van der Waals surface area contributed by atoms with Gasteiger partial charge < -0.3 is 4.42 Å². The summed E-state index contributed by atoms with van der Waals surface area (Å²) in [6.45, 7) is 0. The van der Waals surface area contributed by atoms with E-state index in [1.54, 1.807) is 18.2 Å². The topological polar surface area (TPSA) is 30.2 Å². The second kappa shape index (κ2) is 2.75. The van der Waals surface area contributed by atoms with Crippen LogP contribution in [0.15, 0.2) is 33.4 Å². The highest BCUT2D eigenvalue weighted by atomic mass is 79.9. The van der Waals surface area contributed by atoms with Crippen molar-refractivity contribution in [2.75, 3.05) is 0 Å². The third-order valence-electron chi connectivity index (χ3n) is 1.69. The van der Waals surface area contributed by atoms with Gasteiger partial charge in [0.15, 0.2) is 11.0 Å². The van der Waals surface area contributed by atoms with Gasteiger partial charge in [-0.15, -0.1) is 0 Å². The lowest BCUT2D eigenvalue weighted by Gasteiger charge is -1.89. The second-order valence-corrected chi connectivity index (χ2v) is 3.21. The maximum atomic E-state index is 10.6. The Balaban J connectivity index is 2.86. The largest absolute Gasteiger partial charge is 0.449 e. The molecule has 2 nitrogen and oxygen atoms in total. The van der Waals surface area contributed by atoms with Crippen LogP contribution in [-0.4, -0.2) is 6.29 Å². The summed E-state index contributed by atoms with van der Waals surface area (Å²) >= 11 is 3.21. The van der Waals surface area contributed by atoms with Gasteiger partial charge in [-0.25, -0.2) is 0 Å². The molecule has 1 aromatic carbocycles. The van der Waals surface area contributed by atoms with Crippen LogP contribution in [-0.2, 0) is 0 Å². The highest BCUT2D eigenvalue weighted by Gasteiger charge is 2.04. The Morgan fingerprint density at radius 1 is 1.42 bits per heavy atom. The first-order chi connectivity index (χ1) is 5.81. The van der Waals surface area contributed by atoms with Crippen LogP contribution in [0.3, 0.4) is 0 Å². The van der Waals surface area contributed by atoms with Crippen LogP contribution in [0, 0.1) is 0 Å². The molecule has 0 N–H and O–H groups in total. The van der Waals surface area contributed by atoms with E-state index in [1.165, 1.54) is 0 Å². The summed E-state index contributed by atoms with van der Waals surface area (Å²) in [4.78, 5) is 10.6. The molecule has 0 aliphatic carbocycles. The number of hydrogen-bond acceptors (Lipinski definition) is 2. The molecule has 0 atom stereocenters.